The summed E-state index contributed by atoms with van der Waals surface area (Å²) in [6.07, 6.45) is 0. The van der Waals surface area contributed by atoms with Gasteiger partial charge in [-0.1, -0.05) is 43.1 Å². The van der Waals surface area contributed by atoms with Crippen LogP contribution in [0.5, 0.6) is 0 Å². The normalized spacial score (nSPS) is 13.5. The summed E-state index contributed by atoms with van der Waals surface area (Å²) in [6.45, 7) is 5.37. The van der Waals surface area contributed by atoms with Crippen molar-refractivity contribution in [3.8, 4) is 0 Å². The van der Waals surface area contributed by atoms with Gasteiger partial charge in [-0.2, -0.15) is 0 Å². The highest BCUT2D eigenvalue weighted by Gasteiger charge is 2.26. The lowest BCUT2D eigenvalue weighted by atomic mass is 10.0. The second kappa shape index (κ2) is 6.67. The average molecular weight is 341 g/mol. The van der Waals surface area contributed by atoms with Crippen molar-refractivity contribution in [2.24, 2.45) is 0 Å². The molecular weight excluding hydrogens is 322 g/mol. The summed E-state index contributed by atoms with van der Waals surface area (Å²) in [7, 11) is 0. The summed E-state index contributed by atoms with van der Waals surface area (Å²) < 4.78 is 0.804. The molecule has 1 aliphatic heterocycles. The van der Waals surface area contributed by atoms with Crippen LogP contribution in [0.3, 0.4) is 0 Å². The predicted molar refractivity (Wildman–Crippen MR) is 95.3 cm³/mol. The van der Waals surface area contributed by atoms with Gasteiger partial charge in [0.05, 0.1) is 0 Å². The van der Waals surface area contributed by atoms with Crippen LogP contribution in [-0.2, 0) is 13.1 Å². The van der Waals surface area contributed by atoms with Crippen molar-refractivity contribution in [3.05, 3.63) is 70.3 Å². The molecule has 1 aliphatic rings. The molecule has 0 radical (unpaired) electrons. The molecule has 124 valence electrons. The van der Waals surface area contributed by atoms with Gasteiger partial charge in [0.2, 0.25) is 0 Å². The molecule has 0 spiro atoms. The van der Waals surface area contributed by atoms with Crippen molar-refractivity contribution in [1.82, 2.24) is 14.7 Å². The molecule has 2 aromatic rings. The van der Waals surface area contributed by atoms with Crippen molar-refractivity contribution in [2.75, 3.05) is 0 Å². The van der Waals surface area contributed by atoms with Gasteiger partial charge in [-0.25, -0.2) is 14.1 Å². The minimum Gasteiger partial charge on any atom is -0.269 e. The fraction of sp³-hybridized carbons (Fsp3) is 0.222. The zero-order valence-corrected chi connectivity index (χ0v) is 14.5. The van der Waals surface area contributed by atoms with Gasteiger partial charge in [-0.3, -0.25) is 10.2 Å². The number of aryl methyl sites for hydroxylation is 2. The summed E-state index contributed by atoms with van der Waals surface area (Å²) in [5.74, 6) is -0.458. The average Bonchev–Trinajstić information content (AvgIpc) is 3.02. The topological polar surface area (TPSA) is 52.7 Å². The number of fused-ring (bicyclic) bond motifs is 1. The first-order valence-corrected chi connectivity index (χ1v) is 8.09. The van der Waals surface area contributed by atoms with Crippen LogP contribution in [0.25, 0.3) is 0 Å². The second-order valence-electron chi connectivity index (χ2n) is 5.91. The standard InChI is InChI=1S/C18H19N3O2S/c1-12-8-9-13(2)16-11-20(10-15(12)16)19-18(23)21(24)17(22)14-6-4-3-5-7-14/h3-9,24H,10-11H2,1-2H3,(H,19,23). The van der Waals surface area contributed by atoms with E-state index in [1.807, 2.05) is 6.07 Å². The molecule has 5 nitrogen and oxygen atoms in total. The van der Waals surface area contributed by atoms with E-state index >= 15 is 0 Å². The molecule has 0 fully saturated rings. The maximum Gasteiger partial charge on any atom is 0.349 e. The van der Waals surface area contributed by atoms with E-state index in [4.69, 9.17) is 0 Å². The minimum absolute atomic E-state index is 0.416. The number of amides is 3. The number of benzene rings is 2. The third-order valence-electron chi connectivity index (χ3n) is 4.26. The molecule has 0 aliphatic carbocycles. The Balaban J connectivity index is 1.67. The molecule has 24 heavy (non-hydrogen) atoms. The van der Waals surface area contributed by atoms with Crippen LogP contribution in [0, 0.1) is 13.8 Å². The Kier molecular flexibility index (Phi) is 4.59. The van der Waals surface area contributed by atoms with E-state index in [0.29, 0.717) is 18.7 Å². The zero-order chi connectivity index (χ0) is 17.3. The Bertz CT molecular complexity index is 761. The van der Waals surface area contributed by atoms with Gasteiger partial charge < -0.3 is 0 Å². The summed E-state index contributed by atoms with van der Waals surface area (Å²) in [4.78, 5) is 24.6. The van der Waals surface area contributed by atoms with E-state index in [2.05, 4.69) is 44.2 Å². The van der Waals surface area contributed by atoms with Crippen molar-refractivity contribution in [1.29, 1.82) is 0 Å². The minimum atomic E-state index is -0.560. The van der Waals surface area contributed by atoms with E-state index in [9.17, 15) is 9.59 Å². The smallest absolute Gasteiger partial charge is 0.269 e. The highest BCUT2D eigenvalue weighted by Crippen LogP contribution is 2.27. The molecule has 3 amide bonds. The highest BCUT2D eigenvalue weighted by molar-refractivity contribution is 7.79. The largest absolute Gasteiger partial charge is 0.349 e. The summed E-state index contributed by atoms with van der Waals surface area (Å²) >= 11 is 4.05. The molecular formula is C18H19N3O2S. The summed E-state index contributed by atoms with van der Waals surface area (Å²) in [5, 5.41) is 1.80. The van der Waals surface area contributed by atoms with Gasteiger partial charge in [-0.15, -0.1) is 0 Å². The monoisotopic (exact) mass is 341 g/mol. The first-order valence-electron chi connectivity index (χ1n) is 7.69. The number of thiol groups is 1. The predicted octanol–water partition coefficient (Wildman–Crippen LogP) is 3.23. The van der Waals surface area contributed by atoms with Crippen molar-refractivity contribution in [2.45, 2.75) is 26.9 Å². The summed E-state index contributed by atoms with van der Waals surface area (Å²) in [5.41, 5.74) is 8.04. The number of imide groups is 1. The number of nitrogens with zero attached hydrogens (tertiary/aromatic N) is 2. The number of hydrogen-bond donors (Lipinski definition) is 2. The fourth-order valence-electron chi connectivity index (χ4n) is 2.86. The first-order chi connectivity index (χ1) is 11.5. The lowest BCUT2D eigenvalue weighted by Gasteiger charge is -2.21. The molecule has 3 rings (SSSR count). The zero-order valence-electron chi connectivity index (χ0n) is 13.6. The third kappa shape index (κ3) is 3.16. The van der Waals surface area contributed by atoms with E-state index in [0.717, 1.165) is 4.31 Å². The van der Waals surface area contributed by atoms with E-state index in [-0.39, 0.29) is 0 Å². The first kappa shape index (κ1) is 16.5. The molecule has 1 N–H and O–H groups in total. The Hall–Kier alpha value is -2.31. The number of rotatable bonds is 2. The lowest BCUT2D eigenvalue weighted by Crippen LogP contribution is -2.45. The Morgan fingerprint density at radius 1 is 1.00 bits per heavy atom. The van der Waals surface area contributed by atoms with Gasteiger partial charge in [0.15, 0.2) is 0 Å². The van der Waals surface area contributed by atoms with Gasteiger partial charge >= 0.3 is 6.03 Å². The van der Waals surface area contributed by atoms with Crippen LogP contribution in [0.15, 0.2) is 42.5 Å². The fourth-order valence-corrected chi connectivity index (χ4v) is 3.02. The molecule has 2 aromatic carbocycles. The lowest BCUT2D eigenvalue weighted by molar-refractivity contribution is 0.0875. The highest BCUT2D eigenvalue weighted by atomic mass is 32.1. The quantitative estimate of drug-likeness (QED) is 0.825. The SMILES string of the molecule is Cc1ccc(C)c2c1CN(NC(=O)N(S)C(=O)c1ccccc1)C2. The maximum absolute atomic E-state index is 12.3. The molecule has 0 bridgehead atoms. The molecule has 1 heterocycles. The van der Waals surface area contributed by atoms with Gasteiger partial charge in [0.1, 0.15) is 0 Å². The van der Waals surface area contributed by atoms with Crippen molar-refractivity contribution >= 4 is 24.8 Å². The van der Waals surface area contributed by atoms with Crippen LogP contribution in [-0.4, -0.2) is 21.3 Å². The number of hydrazine groups is 1. The molecule has 0 unspecified atom stereocenters. The van der Waals surface area contributed by atoms with E-state index < -0.39 is 11.9 Å². The number of nitrogens with one attached hydrogen (secondary N) is 1. The van der Waals surface area contributed by atoms with Crippen molar-refractivity contribution < 1.29 is 9.59 Å². The Labute approximate surface area is 146 Å². The van der Waals surface area contributed by atoms with E-state index in [1.165, 1.54) is 22.3 Å². The second-order valence-corrected chi connectivity index (χ2v) is 6.31. The van der Waals surface area contributed by atoms with Crippen LogP contribution in [0.2, 0.25) is 0 Å². The van der Waals surface area contributed by atoms with Gasteiger partial charge in [0.25, 0.3) is 5.91 Å². The van der Waals surface area contributed by atoms with Crippen LogP contribution in [0.1, 0.15) is 32.6 Å². The Morgan fingerprint density at radius 2 is 1.54 bits per heavy atom. The Morgan fingerprint density at radius 3 is 2.08 bits per heavy atom. The maximum atomic E-state index is 12.3. The van der Waals surface area contributed by atoms with Gasteiger partial charge in [-0.05, 0) is 48.2 Å². The van der Waals surface area contributed by atoms with Crippen molar-refractivity contribution in [3.63, 3.8) is 0 Å². The number of carbonyl (C=O) groups excluding carboxylic acids is 2. The number of urea groups is 1. The summed E-state index contributed by atoms with van der Waals surface area (Å²) in [6, 6.07) is 12.2. The van der Waals surface area contributed by atoms with Gasteiger partial charge in [0, 0.05) is 18.7 Å². The molecule has 0 saturated carbocycles. The van der Waals surface area contributed by atoms with Crippen LogP contribution >= 0.6 is 12.8 Å². The van der Waals surface area contributed by atoms with E-state index in [1.54, 1.807) is 29.3 Å². The molecule has 0 aromatic heterocycles. The number of carbonyl (C=O) groups is 2. The van der Waals surface area contributed by atoms with Crippen LogP contribution in [0.4, 0.5) is 4.79 Å². The number of hydrogen-bond acceptors (Lipinski definition) is 4. The molecule has 0 saturated heterocycles. The van der Waals surface area contributed by atoms with Crippen LogP contribution < -0.4 is 5.43 Å². The molecule has 0 atom stereocenters. The third-order valence-corrected chi connectivity index (χ3v) is 4.62. The molecule has 6 heteroatoms.